The second kappa shape index (κ2) is 17.2. The summed E-state index contributed by atoms with van der Waals surface area (Å²) in [6.07, 6.45) is 9.89. The van der Waals surface area contributed by atoms with Crippen LogP contribution in [0.1, 0.15) is 76.0 Å². The maximum absolute atomic E-state index is 14.2. The van der Waals surface area contributed by atoms with Gasteiger partial charge in [-0.3, -0.25) is 19.7 Å². The van der Waals surface area contributed by atoms with E-state index >= 15 is 0 Å². The maximum Gasteiger partial charge on any atom is 0.257 e. The molecule has 7 rings (SSSR count). The van der Waals surface area contributed by atoms with E-state index in [9.17, 15) is 9.18 Å². The van der Waals surface area contributed by atoms with Crippen molar-refractivity contribution in [3.8, 4) is 17.2 Å². The Morgan fingerprint density at radius 3 is 2.56 bits per heavy atom. The SMILES string of the molecule is C1=NCCOC1.CC.CCN1CCc2nccc(OC3CC4(C3)CN(c3ncncc3Oc3ccc(F)cc3C(=O)N(CC)C(C)C)C4)c2C1. The Morgan fingerprint density at radius 1 is 1.12 bits per heavy atom. The van der Waals surface area contributed by atoms with E-state index in [1.54, 1.807) is 17.3 Å². The standard InChI is InChI=1S/C32H39FN6O3.C4H7NO.C2H6/c1-5-37-12-10-26-25(17-37)28(9-11-35-26)41-23-14-32(15-23)18-38(19-32)30-29(16-34-20-36-30)42-27-8-7-22(33)13-24(27)31(40)39(6-2)21(3)4;1-3-6-4-2-5-1;1-2/h7-9,11,13,16,20-21,23H,5-6,10,12,14-15,17-19H2,1-4H3;1H,2-4H2;1-2H3. The van der Waals surface area contributed by atoms with Crippen LogP contribution in [-0.4, -0.2) is 102 Å². The molecule has 1 aliphatic carbocycles. The molecule has 12 heteroatoms. The molecule has 0 N–H and O–H groups in total. The highest BCUT2D eigenvalue weighted by Gasteiger charge is 2.54. The number of hydrogen-bond donors (Lipinski definition) is 0. The molecular formula is C38H52FN7O4. The van der Waals surface area contributed by atoms with Crippen molar-refractivity contribution in [1.29, 1.82) is 0 Å². The van der Waals surface area contributed by atoms with Gasteiger partial charge in [0.15, 0.2) is 11.6 Å². The van der Waals surface area contributed by atoms with Crippen LogP contribution in [0, 0.1) is 11.2 Å². The third-order valence-corrected chi connectivity index (χ3v) is 9.52. The van der Waals surface area contributed by atoms with Crippen LogP contribution in [0.2, 0.25) is 0 Å². The molecule has 1 aromatic carbocycles. The number of nitrogens with zero attached hydrogens (tertiary/aromatic N) is 7. The maximum atomic E-state index is 14.2. The molecule has 1 amide bonds. The predicted octanol–water partition coefficient (Wildman–Crippen LogP) is 6.21. The molecule has 5 heterocycles. The van der Waals surface area contributed by atoms with Crippen LogP contribution in [0.5, 0.6) is 17.2 Å². The fourth-order valence-corrected chi connectivity index (χ4v) is 6.98. The number of fused-ring (bicyclic) bond motifs is 1. The summed E-state index contributed by atoms with van der Waals surface area (Å²) in [5.74, 6) is 1.60. The first-order chi connectivity index (χ1) is 24.3. The zero-order valence-corrected chi connectivity index (χ0v) is 30.4. The Labute approximate surface area is 295 Å². The van der Waals surface area contributed by atoms with Gasteiger partial charge in [0.05, 0.1) is 31.5 Å². The number of anilines is 1. The lowest BCUT2D eigenvalue weighted by Crippen LogP contribution is -2.65. The Hall–Kier alpha value is -4.16. The summed E-state index contributed by atoms with van der Waals surface area (Å²) < 4.78 is 31.9. The van der Waals surface area contributed by atoms with Crippen LogP contribution in [0.25, 0.3) is 0 Å². The summed E-state index contributed by atoms with van der Waals surface area (Å²) in [5, 5.41) is 0. The zero-order chi connectivity index (χ0) is 35.7. The normalized spacial score (nSPS) is 17.7. The number of aliphatic imine (C=N–C) groups is 1. The molecule has 0 bridgehead atoms. The third kappa shape index (κ3) is 8.58. The third-order valence-electron chi connectivity index (χ3n) is 9.52. The summed E-state index contributed by atoms with van der Waals surface area (Å²) >= 11 is 0. The largest absolute Gasteiger partial charge is 0.490 e. The smallest absolute Gasteiger partial charge is 0.257 e. The fourth-order valence-electron chi connectivity index (χ4n) is 6.98. The van der Waals surface area contributed by atoms with Crippen molar-refractivity contribution in [2.75, 3.05) is 57.4 Å². The Morgan fingerprint density at radius 2 is 1.92 bits per heavy atom. The van der Waals surface area contributed by atoms with Crippen molar-refractivity contribution in [2.24, 2.45) is 10.4 Å². The first-order valence-corrected chi connectivity index (χ1v) is 18.0. The van der Waals surface area contributed by atoms with Crippen molar-refractivity contribution in [2.45, 2.75) is 79.5 Å². The van der Waals surface area contributed by atoms with Gasteiger partial charge in [-0.1, -0.05) is 20.8 Å². The molecule has 1 saturated heterocycles. The minimum absolute atomic E-state index is 0.0307. The lowest BCUT2D eigenvalue weighted by molar-refractivity contribution is -0.0352. The van der Waals surface area contributed by atoms with Crippen molar-refractivity contribution < 1.29 is 23.4 Å². The number of rotatable bonds is 9. The Bertz CT molecular complexity index is 1600. The quantitative estimate of drug-likeness (QED) is 0.259. The molecule has 0 unspecified atom stereocenters. The summed E-state index contributed by atoms with van der Waals surface area (Å²) in [6.45, 7) is 19.5. The van der Waals surface area contributed by atoms with E-state index in [2.05, 4.69) is 36.7 Å². The monoisotopic (exact) mass is 689 g/mol. The molecule has 0 radical (unpaired) electrons. The highest BCUT2D eigenvalue weighted by molar-refractivity contribution is 5.97. The summed E-state index contributed by atoms with van der Waals surface area (Å²) in [6, 6.07) is 6.01. The number of halogens is 1. The molecule has 3 aromatic rings. The van der Waals surface area contributed by atoms with Gasteiger partial charge in [-0.15, -0.1) is 0 Å². The molecule has 3 aliphatic heterocycles. The molecule has 4 aliphatic rings. The van der Waals surface area contributed by atoms with E-state index in [1.807, 2.05) is 46.9 Å². The van der Waals surface area contributed by atoms with Crippen LogP contribution < -0.4 is 14.4 Å². The lowest BCUT2D eigenvalue weighted by atomic mass is 9.61. The fraction of sp³-hybridized carbons (Fsp3) is 0.553. The van der Waals surface area contributed by atoms with Gasteiger partial charge in [-0.05, 0) is 64.4 Å². The van der Waals surface area contributed by atoms with Gasteiger partial charge >= 0.3 is 0 Å². The average molecular weight is 690 g/mol. The summed E-state index contributed by atoms with van der Waals surface area (Å²) in [5.41, 5.74) is 2.76. The van der Waals surface area contributed by atoms with E-state index in [0.29, 0.717) is 24.7 Å². The van der Waals surface area contributed by atoms with Gasteiger partial charge in [0.2, 0.25) is 0 Å². The van der Waals surface area contributed by atoms with Gasteiger partial charge < -0.3 is 24.0 Å². The van der Waals surface area contributed by atoms with Crippen LogP contribution in [0.4, 0.5) is 10.2 Å². The number of likely N-dealkylation sites (N-methyl/N-ethyl adjacent to an activating group) is 1. The molecule has 270 valence electrons. The molecule has 0 atom stereocenters. The van der Waals surface area contributed by atoms with Gasteiger partial charge in [0.25, 0.3) is 5.91 Å². The number of carbonyl (C=O) groups excluding carboxylic acids is 1. The lowest BCUT2D eigenvalue weighted by Gasteiger charge is -2.59. The number of ether oxygens (including phenoxy) is 3. The number of hydrogen-bond acceptors (Lipinski definition) is 10. The molecule has 1 spiro atoms. The van der Waals surface area contributed by atoms with E-state index in [-0.39, 0.29) is 34.8 Å². The van der Waals surface area contributed by atoms with Crippen molar-refractivity contribution in [3.63, 3.8) is 0 Å². The molecule has 50 heavy (non-hydrogen) atoms. The second-order valence-electron chi connectivity index (χ2n) is 13.2. The van der Waals surface area contributed by atoms with Crippen molar-refractivity contribution in [3.05, 3.63) is 65.6 Å². The van der Waals surface area contributed by atoms with Crippen LogP contribution >= 0.6 is 0 Å². The molecule has 2 fully saturated rings. The Kier molecular flexibility index (Phi) is 12.7. The summed E-state index contributed by atoms with van der Waals surface area (Å²) in [7, 11) is 0. The number of aromatic nitrogens is 3. The van der Waals surface area contributed by atoms with Crippen molar-refractivity contribution in [1.82, 2.24) is 24.8 Å². The minimum atomic E-state index is -0.489. The van der Waals surface area contributed by atoms with Gasteiger partial charge in [0, 0.05) is 74.3 Å². The van der Waals surface area contributed by atoms with Crippen LogP contribution in [0.15, 0.2) is 48.0 Å². The van der Waals surface area contributed by atoms with E-state index in [4.69, 9.17) is 14.2 Å². The van der Waals surface area contributed by atoms with E-state index < -0.39 is 5.82 Å². The van der Waals surface area contributed by atoms with Crippen molar-refractivity contribution >= 4 is 17.9 Å². The first kappa shape index (κ1) is 37.1. The molecular weight excluding hydrogens is 637 g/mol. The first-order valence-electron chi connectivity index (χ1n) is 18.0. The average Bonchev–Trinajstić information content (AvgIpc) is 3.11. The predicted molar refractivity (Wildman–Crippen MR) is 193 cm³/mol. The number of amides is 1. The van der Waals surface area contributed by atoms with E-state index in [1.165, 1.54) is 30.1 Å². The van der Waals surface area contributed by atoms with Crippen LogP contribution in [0.3, 0.4) is 0 Å². The molecule has 2 aromatic heterocycles. The highest BCUT2D eigenvalue weighted by Crippen LogP contribution is 2.52. The Balaban J connectivity index is 0.000000543. The number of pyridine rings is 1. The van der Waals surface area contributed by atoms with Crippen LogP contribution in [-0.2, 0) is 17.7 Å². The minimum Gasteiger partial charge on any atom is -0.490 e. The van der Waals surface area contributed by atoms with Gasteiger partial charge in [-0.2, -0.15) is 0 Å². The zero-order valence-electron chi connectivity index (χ0n) is 30.4. The molecule has 11 nitrogen and oxygen atoms in total. The number of benzene rings is 1. The number of carbonyl (C=O) groups is 1. The molecule has 1 saturated carbocycles. The topological polar surface area (TPSA) is 106 Å². The summed E-state index contributed by atoms with van der Waals surface area (Å²) in [4.78, 5) is 36.8. The van der Waals surface area contributed by atoms with E-state index in [0.717, 1.165) is 76.6 Å². The van der Waals surface area contributed by atoms with Gasteiger partial charge in [-0.25, -0.2) is 14.4 Å². The highest BCUT2D eigenvalue weighted by atomic mass is 19.1. The second-order valence-corrected chi connectivity index (χ2v) is 13.2. The van der Waals surface area contributed by atoms with Gasteiger partial charge in [0.1, 0.15) is 29.7 Å².